The molecule has 0 saturated carbocycles. The van der Waals surface area contributed by atoms with E-state index in [4.69, 9.17) is 5.10 Å². The van der Waals surface area contributed by atoms with E-state index in [2.05, 4.69) is 4.98 Å². The van der Waals surface area contributed by atoms with Crippen molar-refractivity contribution in [2.75, 3.05) is 11.6 Å². The summed E-state index contributed by atoms with van der Waals surface area (Å²) in [6.07, 6.45) is 1.49. The summed E-state index contributed by atoms with van der Waals surface area (Å²) < 4.78 is 17.8. The van der Waals surface area contributed by atoms with E-state index in [1.807, 2.05) is 18.4 Å². The highest BCUT2D eigenvalue weighted by Gasteiger charge is 2.27. The van der Waals surface area contributed by atoms with Gasteiger partial charge >= 0.3 is 5.69 Å². The maximum Gasteiger partial charge on any atom is 0.332 e. The third-order valence-electron chi connectivity index (χ3n) is 5.05. The van der Waals surface area contributed by atoms with E-state index >= 15 is 0 Å². The quantitative estimate of drug-likeness (QED) is 0.659. The number of hydrazone groups is 1. The van der Waals surface area contributed by atoms with Gasteiger partial charge in [0, 0.05) is 20.1 Å². The minimum atomic E-state index is -0.374. The molecule has 3 heterocycles. The fourth-order valence-electron chi connectivity index (χ4n) is 3.65. The molecule has 9 heteroatoms. The van der Waals surface area contributed by atoms with Crippen molar-refractivity contribution in [1.29, 1.82) is 0 Å². The first-order valence-electron chi connectivity index (χ1n) is 9.77. The van der Waals surface area contributed by atoms with Gasteiger partial charge in [-0.3, -0.25) is 18.5 Å². The molecule has 8 nitrogen and oxygen atoms in total. The average molecular weight is 398 g/mol. The number of hydrogen-bond acceptors (Lipinski definition) is 5. The molecule has 1 aromatic carbocycles. The van der Waals surface area contributed by atoms with Crippen molar-refractivity contribution in [1.82, 2.24) is 18.7 Å². The summed E-state index contributed by atoms with van der Waals surface area (Å²) in [6, 6.07) is 6.13. The van der Waals surface area contributed by atoms with Crippen molar-refractivity contribution in [3.05, 3.63) is 56.5 Å². The van der Waals surface area contributed by atoms with Gasteiger partial charge in [-0.05, 0) is 30.5 Å². The Morgan fingerprint density at radius 1 is 1.07 bits per heavy atom. The third-order valence-corrected chi connectivity index (χ3v) is 5.05. The number of imidazole rings is 1. The van der Waals surface area contributed by atoms with Crippen LogP contribution in [0.15, 0.2) is 39.0 Å². The number of rotatable bonds is 5. The summed E-state index contributed by atoms with van der Waals surface area (Å²) in [5.41, 5.74) is 1.49. The molecule has 29 heavy (non-hydrogen) atoms. The first kappa shape index (κ1) is 19.1. The van der Waals surface area contributed by atoms with Gasteiger partial charge in [0.2, 0.25) is 5.95 Å². The summed E-state index contributed by atoms with van der Waals surface area (Å²) in [4.78, 5) is 30.4. The number of nitrogens with zero attached hydrogens (tertiary/aromatic N) is 6. The standard InChI is InChI=1S/C20H23FN6O2/c1-4-10-25-18(28)16-17(24(3)20(25)29)22-19-26(16)12-15(23-27(19)11-5-2)13-6-8-14(21)9-7-13/h6-9H,4-5,10-12H2,1-3H3. The molecular weight excluding hydrogens is 375 g/mol. The van der Waals surface area contributed by atoms with Gasteiger partial charge in [0.1, 0.15) is 5.82 Å². The molecule has 3 aromatic rings. The summed E-state index contributed by atoms with van der Waals surface area (Å²) in [5.74, 6) is 0.218. The van der Waals surface area contributed by atoms with E-state index in [1.165, 1.54) is 21.3 Å². The number of aromatic nitrogens is 4. The van der Waals surface area contributed by atoms with Crippen LogP contribution in [0.5, 0.6) is 0 Å². The van der Waals surface area contributed by atoms with E-state index in [-0.39, 0.29) is 17.1 Å². The maximum atomic E-state index is 13.4. The molecule has 1 aliphatic heterocycles. The zero-order valence-electron chi connectivity index (χ0n) is 16.7. The summed E-state index contributed by atoms with van der Waals surface area (Å²) >= 11 is 0. The predicted octanol–water partition coefficient (Wildman–Crippen LogP) is 2.08. The molecule has 152 valence electrons. The first-order chi connectivity index (χ1) is 14.0. The Bertz CT molecular complexity index is 1220. The molecule has 1 aliphatic rings. The van der Waals surface area contributed by atoms with Gasteiger partial charge in [-0.2, -0.15) is 10.1 Å². The lowest BCUT2D eigenvalue weighted by atomic mass is 10.1. The maximum absolute atomic E-state index is 13.4. The lowest BCUT2D eigenvalue weighted by Crippen LogP contribution is -2.40. The summed E-state index contributed by atoms with van der Waals surface area (Å²) in [7, 11) is 1.63. The minimum absolute atomic E-state index is 0.317. The predicted molar refractivity (Wildman–Crippen MR) is 110 cm³/mol. The molecule has 0 aliphatic carbocycles. The van der Waals surface area contributed by atoms with Crippen LogP contribution >= 0.6 is 0 Å². The number of fused-ring (bicyclic) bond motifs is 3. The van der Waals surface area contributed by atoms with Crippen LogP contribution < -0.4 is 16.3 Å². The number of anilines is 1. The Kier molecular flexibility index (Phi) is 4.81. The first-order valence-corrected chi connectivity index (χ1v) is 9.77. The minimum Gasteiger partial charge on any atom is -0.297 e. The largest absolute Gasteiger partial charge is 0.332 e. The highest BCUT2D eigenvalue weighted by atomic mass is 19.1. The van der Waals surface area contributed by atoms with Crippen molar-refractivity contribution in [3.63, 3.8) is 0 Å². The molecular formula is C20H23FN6O2. The average Bonchev–Trinajstić information content (AvgIpc) is 3.10. The zero-order valence-corrected chi connectivity index (χ0v) is 16.7. The summed E-state index contributed by atoms with van der Waals surface area (Å²) in [6.45, 7) is 5.21. The highest BCUT2D eigenvalue weighted by molar-refractivity contribution is 6.02. The molecule has 0 bridgehead atoms. The number of hydrogen-bond donors (Lipinski definition) is 0. The lowest BCUT2D eigenvalue weighted by molar-refractivity contribution is 0.590. The van der Waals surface area contributed by atoms with Gasteiger partial charge in [-0.25, -0.2) is 14.2 Å². The van der Waals surface area contributed by atoms with E-state index in [0.717, 1.165) is 12.0 Å². The van der Waals surface area contributed by atoms with Crippen LogP contribution in [-0.4, -0.2) is 30.9 Å². The third kappa shape index (κ3) is 3.06. The van der Waals surface area contributed by atoms with E-state index < -0.39 is 0 Å². The van der Waals surface area contributed by atoms with Gasteiger partial charge in [0.05, 0.1) is 12.3 Å². The number of aryl methyl sites for hydroxylation is 1. The van der Waals surface area contributed by atoms with E-state index in [0.29, 0.717) is 48.9 Å². The van der Waals surface area contributed by atoms with E-state index in [9.17, 15) is 14.0 Å². The SMILES string of the molecule is CCCN1N=C(c2ccc(F)cc2)Cn2c1nc1c2c(=O)n(CCC)c(=O)n1C. The second kappa shape index (κ2) is 7.31. The Hall–Kier alpha value is -3.23. The second-order valence-corrected chi connectivity index (χ2v) is 7.15. The van der Waals surface area contributed by atoms with Gasteiger partial charge < -0.3 is 0 Å². The van der Waals surface area contributed by atoms with Crippen LogP contribution in [0.2, 0.25) is 0 Å². The lowest BCUT2D eigenvalue weighted by Gasteiger charge is -2.25. The molecule has 0 saturated heterocycles. The van der Waals surface area contributed by atoms with Crippen LogP contribution in [0.4, 0.5) is 10.3 Å². The highest BCUT2D eigenvalue weighted by Crippen LogP contribution is 2.25. The van der Waals surface area contributed by atoms with Crippen LogP contribution in [0.3, 0.4) is 0 Å². The monoisotopic (exact) mass is 398 g/mol. The number of benzene rings is 1. The van der Waals surface area contributed by atoms with Crippen LogP contribution in [-0.2, 0) is 20.1 Å². The van der Waals surface area contributed by atoms with Gasteiger partial charge in [0.15, 0.2) is 11.2 Å². The molecule has 2 aromatic heterocycles. The molecule has 0 radical (unpaired) electrons. The summed E-state index contributed by atoms with van der Waals surface area (Å²) in [5, 5.41) is 6.44. The van der Waals surface area contributed by atoms with Crippen molar-refractivity contribution >= 4 is 22.8 Å². The van der Waals surface area contributed by atoms with Crippen molar-refractivity contribution in [2.24, 2.45) is 12.1 Å². The molecule has 0 spiro atoms. The van der Waals surface area contributed by atoms with Gasteiger partial charge in [-0.15, -0.1) is 0 Å². The van der Waals surface area contributed by atoms with Gasteiger partial charge in [0.25, 0.3) is 5.56 Å². The Morgan fingerprint density at radius 3 is 2.41 bits per heavy atom. The van der Waals surface area contributed by atoms with Crippen LogP contribution in [0, 0.1) is 5.82 Å². The topological polar surface area (TPSA) is 77.4 Å². The molecule has 0 unspecified atom stereocenters. The van der Waals surface area contributed by atoms with Crippen molar-refractivity contribution < 1.29 is 4.39 Å². The fraction of sp³-hybridized carbons (Fsp3) is 0.400. The molecule has 0 amide bonds. The smallest absolute Gasteiger partial charge is 0.297 e. The molecule has 0 N–H and O–H groups in total. The number of halogens is 1. The Balaban J connectivity index is 1.95. The Labute approximate surface area is 166 Å². The van der Waals surface area contributed by atoms with Crippen molar-refractivity contribution in [3.8, 4) is 0 Å². The molecule has 0 atom stereocenters. The van der Waals surface area contributed by atoms with Crippen LogP contribution in [0.25, 0.3) is 11.2 Å². The zero-order chi connectivity index (χ0) is 20.7. The second-order valence-electron chi connectivity index (χ2n) is 7.15. The normalized spacial score (nSPS) is 13.7. The van der Waals surface area contributed by atoms with Crippen LogP contribution in [0.1, 0.15) is 32.3 Å². The van der Waals surface area contributed by atoms with E-state index in [1.54, 1.807) is 24.2 Å². The van der Waals surface area contributed by atoms with Crippen molar-refractivity contribution in [2.45, 2.75) is 39.8 Å². The Morgan fingerprint density at radius 2 is 1.76 bits per heavy atom. The fourth-order valence-corrected chi connectivity index (χ4v) is 3.65. The molecule has 4 rings (SSSR count). The molecule has 0 fully saturated rings. The van der Waals surface area contributed by atoms with Gasteiger partial charge in [-0.1, -0.05) is 26.0 Å².